The van der Waals surface area contributed by atoms with Crippen LogP contribution in [0.5, 0.6) is 17.2 Å². The first kappa shape index (κ1) is 32.6. The number of esters is 1. The molecule has 0 aromatic heterocycles. The van der Waals surface area contributed by atoms with Gasteiger partial charge >= 0.3 is 5.97 Å². The van der Waals surface area contributed by atoms with E-state index in [2.05, 4.69) is 21.2 Å². The summed E-state index contributed by atoms with van der Waals surface area (Å²) < 4.78 is 22.4. The molecular formula is C31H30Cl2N4O6S. The molecule has 0 fully saturated rings. The van der Waals surface area contributed by atoms with E-state index < -0.39 is 17.9 Å². The standard InChI is InChI=1S/C31H30Cl2N4O6S/c1-4-41-30(39)28-18(2)35-31(44)36-29(28)22-7-5-6-8-24(22)43-17-27(38)37-34-15-19-9-12-25(26(13-19)40-3)42-16-20-10-11-21(32)14-23(20)33/h5-15,29H,4,16-17H2,1-3H3,(H,37,38)(H2,35,36,44)/t29-/m0/s1. The molecule has 3 aromatic carbocycles. The van der Waals surface area contributed by atoms with Gasteiger partial charge in [-0.25, -0.2) is 10.2 Å². The molecule has 0 radical (unpaired) electrons. The van der Waals surface area contributed by atoms with Gasteiger partial charge in [0.1, 0.15) is 12.4 Å². The maximum absolute atomic E-state index is 12.7. The number of benzene rings is 3. The van der Waals surface area contributed by atoms with Gasteiger partial charge < -0.3 is 29.6 Å². The lowest BCUT2D eigenvalue weighted by atomic mass is 9.95. The van der Waals surface area contributed by atoms with Crippen molar-refractivity contribution in [1.82, 2.24) is 16.1 Å². The predicted molar refractivity (Wildman–Crippen MR) is 172 cm³/mol. The summed E-state index contributed by atoms with van der Waals surface area (Å²) >= 11 is 17.5. The van der Waals surface area contributed by atoms with Crippen molar-refractivity contribution < 1.29 is 28.5 Å². The molecule has 1 aliphatic heterocycles. The number of halogens is 2. The number of carbonyl (C=O) groups is 2. The van der Waals surface area contributed by atoms with E-state index in [1.807, 2.05) is 0 Å². The minimum atomic E-state index is -0.634. The Morgan fingerprint density at radius 1 is 1.05 bits per heavy atom. The van der Waals surface area contributed by atoms with E-state index in [-0.39, 0.29) is 19.8 Å². The molecule has 13 heteroatoms. The predicted octanol–water partition coefficient (Wildman–Crippen LogP) is 5.47. The van der Waals surface area contributed by atoms with E-state index >= 15 is 0 Å². The van der Waals surface area contributed by atoms with Gasteiger partial charge in [0.15, 0.2) is 23.2 Å². The molecular weight excluding hydrogens is 627 g/mol. The number of amides is 1. The van der Waals surface area contributed by atoms with Crippen LogP contribution >= 0.6 is 35.4 Å². The molecule has 1 aliphatic rings. The largest absolute Gasteiger partial charge is 0.493 e. The van der Waals surface area contributed by atoms with E-state index in [0.29, 0.717) is 54.8 Å². The summed E-state index contributed by atoms with van der Waals surface area (Å²) in [4.78, 5) is 25.3. The number of hydrogen-bond donors (Lipinski definition) is 3. The number of nitrogens with zero attached hydrogens (tertiary/aromatic N) is 1. The van der Waals surface area contributed by atoms with Crippen molar-refractivity contribution in [3.63, 3.8) is 0 Å². The number of methoxy groups -OCH3 is 1. The number of hydrogen-bond acceptors (Lipinski definition) is 8. The van der Waals surface area contributed by atoms with Crippen LogP contribution in [0.2, 0.25) is 10.0 Å². The molecule has 230 valence electrons. The highest BCUT2D eigenvalue weighted by molar-refractivity contribution is 7.80. The minimum Gasteiger partial charge on any atom is -0.493 e. The second kappa shape index (κ2) is 15.4. The van der Waals surface area contributed by atoms with Crippen molar-refractivity contribution in [2.24, 2.45) is 5.10 Å². The van der Waals surface area contributed by atoms with E-state index in [9.17, 15) is 9.59 Å². The zero-order valence-electron chi connectivity index (χ0n) is 24.1. The highest BCUT2D eigenvalue weighted by atomic mass is 35.5. The maximum atomic E-state index is 12.7. The summed E-state index contributed by atoms with van der Waals surface area (Å²) in [7, 11) is 1.52. The monoisotopic (exact) mass is 656 g/mol. The van der Waals surface area contributed by atoms with Crippen molar-refractivity contribution in [2.75, 3.05) is 20.3 Å². The molecule has 3 N–H and O–H groups in total. The zero-order chi connectivity index (χ0) is 31.6. The molecule has 4 rings (SSSR count). The second-order valence-corrected chi connectivity index (χ2v) is 10.6. The molecule has 0 saturated carbocycles. The molecule has 44 heavy (non-hydrogen) atoms. The Morgan fingerprint density at radius 2 is 1.84 bits per heavy atom. The van der Waals surface area contributed by atoms with Crippen LogP contribution in [0.15, 0.2) is 77.0 Å². The zero-order valence-corrected chi connectivity index (χ0v) is 26.4. The molecule has 0 spiro atoms. The van der Waals surface area contributed by atoms with Crippen LogP contribution in [0.3, 0.4) is 0 Å². The molecule has 0 unspecified atom stereocenters. The Bertz CT molecular complexity index is 1610. The van der Waals surface area contributed by atoms with Gasteiger partial charge in [-0.2, -0.15) is 5.10 Å². The lowest BCUT2D eigenvalue weighted by Gasteiger charge is -2.30. The summed E-state index contributed by atoms with van der Waals surface area (Å²) in [6.45, 7) is 3.59. The Balaban J connectivity index is 1.37. The van der Waals surface area contributed by atoms with E-state index in [1.54, 1.807) is 74.5 Å². The van der Waals surface area contributed by atoms with Gasteiger partial charge in [-0.3, -0.25) is 4.79 Å². The van der Waals surface area contributed by atoms with E-state index in [1.165, 1.54) is 13.3 Å². The fourth-order valence-corrected chi connectivity index (χ4v) is 5.02. The van der Waals surface area contributed by atoms with Gasteiger partial charge in [0.05, 0.1) is 31.5 Å². The van der Waals surface area contributed by atoms with Gasteiger partial charge in [0.25, 0.3) is 5.91 Å². The van der Waals surface area contributed by atoms with Crippen molar-refractivity contribution in [3.8, 4) is 17.2 Å². The van der Waals surface area contributed by atoms with Crippen LogP contribution < -0.4 is 30.3 Å². The number of thiocarbonyl (C=S) groups is 1. The lowest BCUT2D eigenvalue weighted by molar-refractivity contribution is -0.139. The van der Waals surface area contributed by atoms with Crippen molar-refractivity contribution >= 4 is 58.6 Å². The van der Waals surface area contributed by atoms with Gasteiger partial charge in [-0.05, 0) is 68.0 Å². The minimum absolute atomic E-state index is 0.218. The molecule has 0 saturated heterocycles. The summed E-state index contributed by atoms with van der Waals surface area (Å²) in [6, 6.07) is 16.8. The highest BCUT2D eigenvalue weighted by Crippen LogP contribution is 2.34. The second-order valence-electron chi connectivity index (χ2n) is 9.35. The van der Waals surface area contributed by atoms with Crippen LogP contribution in [0.1, 0.15) is 36.6 Å². The normalized spacial score (nSPS) is 14.5. The fourth-order valence-electron chi connectivity index (χ4n) is 4.29. The van der Waals surface area contributed by atoms with Gasteiger partial charge in [-0.1, -0.05) is 47.5 Å². The van der Waals surface area contributed by atoms with Crippen molar-refractivity contribution in [3.05, 3.63) is 98.7 Å². The van der Waals surface area contributed by atoms with Crippen LogP contribution in [-0.2, 0) is 20.9 Å². The summed E-state index contributed by atoms with van der Waals surface area (Å²) in [5, 5.41) is 11.5. The first-order valence-corrected chi connectivity index (χ1v) is 14.6. The summed E-state index contributed by atoms with van der Waals surface area (Å²) in [5.74, 6) is 0.397. The Kier molecular flexibility index (Phi) is 11.4. The molecule has 0 aliphatic carbocycles. The molecule has 10 nitrogen and oxygen atoms in total. The van der Waals surface area contributed by atoms with Crippen LogP contribution in [0.25, 0.3) is 0 Å². The SMILES string of the molecule is CCOC(=O)C1=C(C)NC(=S)N[C@H]1c1ccccc1OCC(=O)NN=Cc1ccc(OCc2ccc(Cl)cc2Cl)c(OC)c1. The van der Waals surface area contributed by atoms with Gasteiger partial charge in [-0.15, -0.1) is 0 Å². The van der Waals surface area contributed by atoms with Crippen LogP contribution in [0, 0.1) is 0 Å². The van der Waals surface area contributed by atoms with E-state index in [4.69, 9.17) is 54.4 Å². The average molecular weight is 658 g/mol. The van der Waals surface area contributed by atoms with Crippen LogP contribution in [0.4, 0.5) is 0 Å². The van der Waals surface area contributed by atoms with Gasteiger partial charge in [0, 0.05) is 26.9 Å². The lowest BCUT2D eigenvalue weighted by Crippen LogP contribution is -2.45. The smallest absolute Gasteiger partial charge is 0.338 e. The first-order valence-electron chi connectivity index (χ1n) is 13.4. The van der Waals surface area contributed by atoms with Crippen LogP contribution in [-0.4, -0.2) is 43.5 Å². The van der Waals surface area contributed by atoms with E-state index in [0.717, 1.165) is 5.56 Å². The molecule has 1 amide bonds. The average Bonchev–Trinajstić information content (AvgIpc) is 2.99. The third-order valence-corrected chi connectivity index (χ3v) is 7.15. The summed E-state index contributed by atoms with van der Waals surface area (Å²) in [5.41, 5.74) is 5.43. The number of allylic oxidation sites excluding steroid dienone is 1. The topological polar surface area (TPSA) is 120 Å². The fraction of sp³-hybridized carbons (Fsp3) is 0.226. The Hall–Kier alpha value is -4.32. The summed E-state index contributed by atoms with van der Waals surface area (Å²) in [6.07, 6.45) is 1.47. The highest BCUT2D eigenvalue weighted by Gasteiger charge is 2.32. The number of para-hydroxylation sites is 1. The third kappa shape index (κ3) is 8.40. The first-order chi connectivity index (χ1) is 21.2. The van der Waals surface area contributed by atoms with Crippen molar-refractivity contribution in [2.45, 2.75) is 26.5 Å². The number of hydrazone groups is 1. The number of nitrogens with one attached hydrogen (secondary N) is 3. The third-order valence-electron chi connectivity index (χ3n) is 6.34. The number of ether oxygens (including phenoxy) is 4. The van der Waals surface area contributed by atoms with Gasteiger partial charge in [0.2, 0.25) is 0 Å². The number of carbonyl (C=O) groups excluding carboxylic acids is 2. The molecule has 3 aromatic rings. The Morgan fingerprint density at radius 3 is 2.59 bits per heavy atom. The molecule has 0 bridgehead atoms. The van der Waals surface area contributed by atoms with Crippen molar-refractivity contribution in [1.29, 1.82) is 0 Å². The maximum Gasteiger partial charge on any atom is 0.338 e. The molecule has 1 atom stereocenters. The quantitative estimate of drug-likeness (QED) is 0.101. The Labute approximate surface area is 270 Å². The molecule has 1 heterocycles. The number of rotatable bonds is 12.